The number of nitrogens with zero attached hydrogens (tertiary/aromatic N) is 1. The molecular weight excluding hydrogens is 316 g/mol. The first-order chi connectivity index (χ1) is 11.0. The molecule has 0 aliphatic carbocycles. The van der Waals surface area contributed by atoms with Gasteiger partial charge in [0, 0.05) is 10.9 Å². The van der Waals surface area contributed by atoms with Crippen LogP contribution in [0.3, 0.4) is 0 Å². The van der Waals surface area contributed by atoms with Crippen LogP contribution in [0, 0.1) is 0 Å². The number of aryl methyl sites for hydroxylation is 1. The Bertz CT molecular complexity index is 699. The summed E-state index contributed by atoms with van der Waals surface area (Å²) < 4.78 is 5.08. The van der Waals surface area contributed by atoms with E-state index in [0.717, 1.165) is 17.1 Å². The summed E-state index contributed by atoms with van der Waals surface area (Å²) in [6.07, 6.45) is 0.869. The number of carbonyl (C=O) groups excluding carboxylic acids is 1. The maximum atomic E-state index is 12.3. The Morgan fingerprint density at radius 2 is 2.22 bits per heavy atom. The molecule has 1 aromatic heterocycles. The van der Waals surface area contributed by atoms with Gasteiger partial charge in [0.05, 0.1) is 16.7 Å². The lowest BCUT2D eigenvalue weighted by Crippen LogP contribution is -2.26. The molecule has 0 radical (unpaired) electrons. The summed E-state index contributed by atoms with van der Waals surface area (Å²) in [6, 6.07) is 6.21. The van der Waals surface area contributed by atoms with Crippen LogP contribution in [0.1, 0.15) is 40.9 Å². The fourth-order valence-corrected chi connectivity index (χ4v) is 2.75. The Morgan fingerprint density at radius 1 is 1.43 bits per heavy atom. The minimum Gasteiger partial charge on any atom is -0.482 e. The van der Waals surface area contributed by atoms with Crippen molar-refractivity contribution in [3.63, 3.8) is 0 Å². The van der Waals surface area contributed by atoms with E-state index >= 15 is 0 Å². The van der Waals surface area contributed by atoms with Crippen molar-refractivity contribution in [1.82, 2.24) is 10.3 Å². The Balaban J connectivity index is 2.02. The van der Waals surface area contributed by atoms with Crippen LogP contribution in [0.5, 0.6) is 5.75 Å². The molecule has 2 aromatic rings. The van der Waals surface area contributed by atoms with Gasteiger partial charge in [-0.3, -0.25) is 4.79 Å². The summed E-state index contributed by atoms with van der Waals surface area (Å²) in [5.74, 6) is -0.984. The van der Waals surface area contributed by atoms with Gasteiger partial charge < -0.3 is 15.2 Å². The predicted molar refractivity (Wildman–Crippen MR) is 86.9 cm³/mol. The number of amides is 1. The lowest BCUT2D eigenvalue weighted by molar-refractivity contribution is -0.139. The van der Waals surface area contributed by atoms with E-state index in [-0.39, 0.29) is 11.9 Å². The molecule has 2 rings (SSSR count). The molecule has 0 aliphatic heterocycles. The Morgan fingerprint density at radius 3 is 2.87 bits per heavy atom. The third kappa shape index (κ3) is 4.79. The van der Waals surface area contributed by atoms with Crippen LogP contribution in [-0.2, 0) is 11.2 Å². The van der Waals surface area contributed by atoms with Gasteiger partial charge in [-0.15, -0.1) is 11.3 Å². The van der Waals surface area contributed by atoms with Gasteiger partial charge in [0.1, 0.15) is 5.75 Å². The molecule has 23 heavy (non-hydrogen) atoms. The standard InChI is InChI=1S/C16H18N2O4S/c1-3-14-18-13(9-23-14)10(2)17-16(21)11-5-4-6-12(7-11)22-8-15(19)20/h4-7,9-10H,3,8H2,1-2H3,(H,17,21)(H,19,20). The van der Waals surface area contributed by atoms with Crippen LogP contribution in [0.25, 0.3) is 0 Å². The Hall–Kier alpha value is -2.41. The van der Waals surface area contributed by atoms with Gasteiger partial charge >= 0.3 is 5.97 Å². The molecule has 1 aromatic carbocycles. The zero-order chi connectivity index (χ0) is 16.8. The van der Waals surface area contributed by atoms with Crippen molar-refractivity contribution in [2.75, 3.05) is 6.61 Å². The summed E-state index contributed by atoms with van der Waals surface area (Å²) in [4.78, 5) is 27.3. The quantitative estimate of drug-likeness (QED) is 0.812. The van der Waals surface area contributed by atoms with Crippen molar-refractivity contribution >= 4 is 23.2 Å². The number of aliphatic carboxylic acids is 1. The smallest absolute Gasteiger partial charge is 0.341 e. The fraction of sp³-hybridized carbons (Fsp3) is 0.312. The first-order valence-corrected chi connectivity index (χ1v) is 8.07. The monoisotopic (exact) mass is 334 g/mol. The van der Waals surface area contributed by atoms with E-state index in [2.05, 4.69) is 10.3 Å². The highest BCUT2D eigenvalue weighted by atomic mass is 32.1. The van der Waals surface area contributed by atoms with E-state index in [9.17, 15) is 9.59 Å². The molecule has 0 saturated carbocycles. The van der Waals surface area contributed by atoms with E-state index in [4.69, 9.17) is 9.84 Å². The Kier molecular flexibility index (Phi) is 5.70. The molecule has 0 aliphatic rings. The van der Waals surface area contributed by atoms with Crippen molar-refractivity contribution in [3.05, 3.63) is 45.9 Å². The number of carboxylic acids is 1. The minimum absolute atomic E-state index is 0.206. The van der Waals surface area contributed by atoms with Crippen molar-refractivity contribution < 1.29 is 19.4 Å². The van der Waals surface area contributed by atoms with Gasteiger partial charge in [0.25, 0.3) is 5.91 Å². The van der Waals surface area contributed by atoms with E-state index in [0.29, 0.717) is 11.3 Å². The number of thiazole rings is 1. The summed E-state index contributed by atoms with van der Waals surface area (Å²) in [5.41, 5.74) is 1.24. The number of ether oxygens (including phenoxy) is 1. The van der Waals surface area contributed by atoms with Gasteiger partial charge in [-0.1, -0.05) is 13.0 Å². The fourth-order valence-electron chi connectivity index (χ4n) is 1.91. The number of rotatable bonds is 7. The summed E-state index contributed by atoms with van der Waals surface area (Å²) >= 11 is 1.57. The molecule has 1 unspecified atom stereocenters. The number of hydrogen-bond donors (Lipinski definition) is 2. The van der Waals surface area contributed by atoms with Crippen LogP contribution in [0.15, 0.2) is 29.6 Å². The second-order valence-corrected chi connectivity index (χ2v) is 5.87. The van der Waals surface area contributed by atoms with Gasteiger partial charge in [0.2, 0.25) is 0 Å². The van der Waals surface area contributed by atoms with E-state index < -0.39 is 12.6 Å². The van der Waals surface area contributed by atoms with Crippen LogP contribution in [-0.4, -0.2) is 28.6 Å². The first-order valence-electron chi connectivity index (χ1n) is 7.19. The average molecular weight is 334 g/mol. The van der Waals surface area contributed by atoms with Crippen molar-refractivity contribution in [2.24, 2.45) is 0 Å². The minimum atomic E-state index is -1.07. The van der Waals surface area contributed by atoms with Crippen LogP contribution >= 0.6 is 11.3 Å². The van der Waals surface area contributed by atoms with Crippen LogP contribution in [0.4, 0.5) is 0 Å². The molecule has 1 heterocycles. The summed E-state index contributed by atoms with van der Waals surface area (Å²) in [5, 5.41) is 14.5. The molecule has 1 amide bonds. The zero-order valence-corrected chi connectivity index (χ0v) is 13.7. The second kappa shape index (κ2) is 7.73. The first kappa shape index (κ1) is 17.0. The molecule has 2 N–H and O–H groups in total. The largest absolute Gasteiger partial charge is 0.482 e. The third-order valence-corrected chi connectivity index (χ3v) is 4.13. The van der Waals surface area contributed by atoms with E-state index in [1.54, 1.807) is 29.5 Å². The highest BCUT2D eigenvalue weighted by Crippen LogP contribution is 2.18. The van der Waals surface area contributed by atoms with Crippen molar-refractivity contribution in [1.29, 1.82) is 0 Å². The van der Waals surface area contributed by atoms with Crippen LogP contribution < -0.4 is 10.1 Å². The number of carboxylic acid groups (broad SMARTS) is 1. The number of hydrogen-bond acceptors (Lipinski definition) is 5. The van der Waals surface area contributed by atoms with Gasteiger partial charge in [-0.2, -0.15) is 0 Å². The van der Waals surface area contributed by atoms with Crippen LogP contribution in [0.2, 0.25) is 0 Å². The Labute approximate surface area is 138 Å². The molecule has 6 nitrogen and oxygen atoms in total. The van der Waals surface area contributed by atoms with Crippen molar-refractivity contribution in [3.8, 4) is 5.75 Å². The van der Waals surface area contributed by atoms with E-state index in [1.165, 1.54) is 6.07 Å². The molecule has 0 fully saturated rings. The van der Waals surface area contributed by atoms with Gasteiger partial charge in [0.15, 0.2) is 6.61 Å². The number of aromatic nitrogens is 1. The highest BCUT2D eigenvalue weighted by molar-refractivity contribution is 7.09. The normalized spacial score (nSPS) is 11.7. The topological polar surface area (TPSA) is 88.5 Å². The molecule has 0 bridgehead atoms. The highest BCUT2D eigenvalue weighted by Gasteiger charge is 2.14. The molecular formula is C16H18N2O4S. The molecule has 122 valence electrons. The molecule has 0 spiro atoms. The van der Waals surface area contributed by atoms with E-state index in [1.807, 2.05) is 19.2 Å². The lowest BCUT2D eigenvalue weighted by atomic mass is 10.1. The third-order valence-electron chi connectivity index (χ3n) is 3.12. The molecule has 0 saturated heterocycles. The predicted octanol–water partition coefficient (Wildman–Crippen LogP) is 2.66. The summed E-state index contributed by atoms with van der Waals surface area (Å²) in [7, 11) is 0. The SMILES string of the molecule is CCc1nc(C(C)NC(=O)c2cccc(OCC(=O)O)c2)cs1. The average Bonchev–Trinajstić information content (AvgIpc) is 3.02. The summed E-state index contributed by atoms with van der Waals surface area (Å²) in [6.45, 7) is 3.46. The molecule has 7 heteroatoms. The maximum absolute atomic E-state index is 12.3. The number of benzene rings is 1. The molecule has 1 atom stereocenters. The van der Waals surface area contributed by atoms with Gasteiger partial charge in [-0.25, -0.2) is 9.78 Å². The second-order valence-electron chi connectivity index (χ2n) is 4.93. The zero-order valence-electron chi connectivity index (χ0n) is 12.9. The maximum Gasteiger partial charge on any atom is 0.341 e. The van der Waals surface area contributed by atoms with Crippen molar-refractivity contribution in [2.45, 2.75) is 26.3 Å². The number of nitrogens with one attached hydrogen (secondary N) is 1. The lowest BCUT2D eigenvalue weighted by Gasteiger charge is -2.12. The number of carbonyl (C=O) groups is 2. The van der Waals surface area contributed by atoms with Gasteiger partial charge in [-0.05, 0) is 31.5 Å².